The first-order valence-corrected chi connectivity index (χ1v) is 5.05. The van der Waals surface area contributed by atoms with Crippen LogP contribution in [0.2, 0.25) is 0 Å². The maximum absolute atomic E-state index is 6.17. The van der Waals surface area contributed by atoms with Crippen molar-refractivity contribution in [3.05, 3.63) is 0 Å². The molecular formula is C10H19N. The smallest absolute Gasteiger partial charge is 0.0187 e. The highest BCUT2D eigenvalue weighted by molar-refractivity contribution is 5.09. The predicted octanol–water partition coefficient (Wildman–Crippen LogP) is 2.30. The summed E-state index contributed by atoms with van der Waals surface area (Å²) in [5, 5.41) is 0. The molecule has 2 aliphatic rings. The van der Waals surface area contributed by atoms with E-state index in [-0.39, 0.29) is 5.54 Å². The van der Waals surface area contributed by atoms with E-state index in [9.17, 15) is 0 Å². The zero-order chi connectivity index (χ0) is 7.90. The fourth-order valence-electron chi connectivity index (χ4n) is 2.75. The molecule has 11 heavy (non-hydrogen) atoms. The minimum atomic E-state index is 0.273. The monoisotopic (exact) mass is 153 g/mol. The molecule has 0 aromatic rings. The summed E-state index contributed by atoms with van der Waals surface area (Å²) in [6, 6.07) is 0. The Labute approximate surface area is 69.4 Å². The Kier molecular flexibility index (Phi) is 1.71. The van der Waals surface area contributed by atoms with Crippen LogP contribution in [0, 0.1) is 11.8 Å². The lowest BCUT2D eigenvalue weighted by Gasteiger charge is -2.12. The van der Waals surface area contributed by atoms with Crippen LogP contribution in [0.4, 0.5) is 0 Å². The lowest BCUT2D eigenvalue weighted by molar-refractivity contribution is 0.417. The van der Waals surface area contributed by atoms with Crippen LogP contribution >= 0.6 is 0 Å². The van der Waals surface area contributed by atoms with E-state index in [2.05, 4.69) is 6.92 Å². The number of hydrogen-bond donors (Lipinski definition) is 1. The minimum absolute atomic E-state index is 0.273. The van der Waals surface area contributed by atoms with Crippen LogP contribution in [0.25, 0.3) is 0 Å². The van der Waals surface area contributed by atoms with Gasteiger partial charge in [-0.2, -0.15) is 0 Å². The second-order valence-electron chi connectivity index (χ2n) is 4.44. The van der Waals surface area contributed by atoms with Crippen LogP contribution in [0.1, 0.15) is 45.4 Å². The maximum Gasteiger partial charge on any atom is 0.0187 e. The van der Waals surface area contributed by atoms with Gasteiger partial charge >= 0.3 is 0 Å². The molecule has 0 bridgehead atoms. The summed E-state index contributed by atoms with van der Waals surface area (Å²) >= 11 is 0. The molecule has 0 aliphatic heterocycles. The van der Waals surface area contributed by atoms with E-state index in [4.69, 9.17) is 5.73 Å². The van der Waals surface area contributed by atoms with Crippen LogP contribution in [-0.4, -0.2) is 5.54 Å². The number of rotatable bonds is 2. The fraction of sp³-hybridized carbons (Fsp3) is 1.00. The quantitative estimate of drug-likeness (QED) is 0.647. The van der Waals surface area contributed by atoms with E-state index in [0.717, 1.165) is 11.8 Å². The van der Waals surface area contributed by atoms with Crippen LogP contribution in [0.3, 0.4) is 0 Å². The molecule has 0 saturated heterocycles. The van der Waals surface area contributed by atoms with Crippen LogP contribution in [-0.2, 0) is 0 Å². The Hall–Kier alpha value is -0.0400. The van der Waals surface area contributed by atoms with Gasteiger partial charge in [-0.15, -0.1) is 0 Å². The first-order chi connectivity index (χ1) is 5.26. The minimum Gasteiger partial charge on any atom is -0.325 e. The summed E-state index contributed by atoms with van der Waals surface area (Å²) in [5.41, 5.74) is 6.44. The second kappa shape index (κ2) is 2.48. The molecule has 2 rings (SSSR count). The molecule has 0 radical (unpaired) electrons. The maximum atomic E-state index is 6.17. The van der Waals surface area contributed by atoms with E-state index in [1.807, 2.05) is 0 Å². The van der Waals surface area contributed by atoms with Crippen molar-refractivity contribution < 1.29 is 0 Å². The summed E-state index contributed by atoms with van der Waals surface area (Å²) in [6.45, 7) is 2.23. The Bertz CT molecular complexity index is 149. The Morgan fingerprint density at radius 1 is 1.36 bits per heavy atom. The van der Waals surface area contributed by atoms with Gasteiger partial charge in [-0.3, -0.25) is 0 Å². The molecule has 2 saturated carbocycles. The summed E-state index contributed by atoms with van der Waals surface area (Å²) in [7, 11) is 0. The summed E-state index contributed by atoms with van der Waals surface area (Å²) < 4.78 is 0. The van der Waals surface area contributed by atoms with Gasteiger partial charge in [-0.05, 0) is 24.7 Å². The van der Waals surface area contributed by atoms with E-state index in [1.54, 1.807) is 0 Å². The van der Waals surface area contributed by atoms with Gasteiger partial charge in [0, 0.05) is 5.54 Å². The van der Waals surface area contributed by atoms with Crippen molar-refractivity contribution in [1.29, 1.82) is 0 Å². The van der Waals surface area contributed by atoms with Crippen molar-refractivity contribution in [2.24, 2.45) is 17.6 Å². The third-order valence-corrected chi connectivity index (χ3v) is 3.81. The zero-order valence-corrected chi connectivity index (χ0v) is 7.47. The summed E-state index contributed by atoms with van der Waals surface area (Å²) in [6.07, 6.45) is 8.34. The molecule has 2 atom stereocenters. The highest BCUT2D eigenvalue weighted by Crippen LogP contribution is 2.53. The first-order valence-electron chi connectivity index (χ1n) is 5.05. The highest BCUT2D eigenvalue weighted by Gasteiger charge is 2.53. The molecule has 2 fully saturated rings. The molecule has 0 aromatic heterocycles. The van der Waals surface area contributed by atoms with Gasteiger partial charge in [-0.1, -0.05) is 32.6 Å². The van der Waals surface area contributed by atoms with Gasteiger partial charge in [0.2, 0.25) is 0 Å². The van der Waals surface area contributed by atoms with Crippen LogP contribution < -0.4 is 5.73 Å². The van der Waals surface area contributed by atoms with Crippen LogP contribution in [0.15, 0.2) is 0 Å². The lowest BCUT2D eigenvalue weighted by atomic mass is 9.97. The Morgan fingerprint density at radius 3 is 2.45 bits per heavy atom. The van der Waals surface area contributed by atoms with Crippen molar-refractivity contribution in [2.45, 2.75) is 51.0 Å². The van der Waals surface area contributed by atoms with Crippen molar-refractivity contribution in [2.75, 3.05) is 0 Å². The summed E-state index contributed by atoms with van der Waals surface area (Å²) in [4.78, 5) is 0. The molecule has 0 heterocycles. The van der Waals surface area contributed by atoms with Gasteiger partial charge in [0.1, 0.15) is 0 Å². The topological polar surface area (TPSA) is 26.0 Å². The molecule has 2 N–H and O–H groups in total. The second-order valence-corrected chi connectivity index (χ2v) is 4.44. The van der Waals surface area contributed by atoms with Gasteiger partial charge in [-0.25, -0.2) is 0 Å². The Balaban J connectivity index is 1.89. The van der Waals surface area contributed by atoms with E-state index < -0.39 is 0 Å². The molecule has 2 unspecified atom stereocenters. The van der Waals surface area contributed by atoms with E-state index in [1.165, 1.54) is 38.5 Å². The standard InChI is InChI=1S/C10H19N/c1-2-10(11)7-9(10)8-5-3-4-6-8/h8-9H,2-7,11H2,1H3. The molecule has 2 aliphatic carbocycles. The van der Waals surface area contributed by atoms with Gasteiger partial charge in [0.15, 0.2) is 0 Å². The molecule has 64 valence electrons. The summed E-state index contributed by atoms with van der Waals surface area (Å²) in [5.74, 6) is 1.90. The largest absolute Gasteiger partial charge is 0.325 e. The van der Waals surface area contributed by atoms with Gasteiger partial charge in [0.25, 0.3) is 0 Å². The molecule has 0 aromatic carbocycles. The molecule has 0 spiro atoms. The Morgan fingerprint density at radius 2 is 2.00 bits per heavy atom. The van der Waals surface area contributed by atoms with Crippen molar-refractivity contribution in [3.8, 4) is 0 Å². The SMILES string of the molecule is CCC1(N)CC1C1CCCC1. The van der Waals surface area contributed by atoms with Gasteiger partial charge < -0.3 is 5.73 Å². The number of nitrogens with two attached hydrogens (primary N) is 1. The van der Waals surface area contributed by atoms with E-state index >= 15 is 0 Å². The third kappa shape index (κ3) is 1.20. The normalized spacial score (nSPS) is 44.7. The van der Waals surface area contributed by atoms with Crippen LogP contribution in [0.5, 0.6) is 0 Å². The predicted molar refractivity (Wildman–Crippen MR) is 47.3 cm³/mol. The molecule has 1 nitrogen and oxygen atoms in total. The highest BCUT2D eigenvalue weighted by atomic mass is 14.9. The average molecular weight is 153 g/mol. The van der Waals surface area contributed by atoms with Crippen molar-refractivity contribution >= 4 is 0 Å². The van der Waals surface area contributed by atoms with Crippen molar-refractivity contribution in [1.82, 2.24) is 0 Å². The van der Waals surface area contributed by atoms with Crippen molar-refractivity contribution in [3.63, 3.8) is 0 Å². The molecule has 1 heteroatoms. The molecule has 0 amide bonds. The third-order valence-electron chi connectivity index (χ3n) is 3.81. The number of hydrogen-bond acceptors (Lipinski definition) is 1. The average Bonchev–Trinajstić information content (AvgIpc) is 2.53. The van der Waals surface area contributed by atoms with Gasteiger partial charge in [0.05, 0.1) is 0 Å². The lowest BCUT2D eigenvalue weighted by Crippen LogP contribution is -2.25. The zero-order valence-electron chi connectivity index (χ0n) is 7.47. The fourth-order valence-corrected chi connectivity index (χ4v) is 2.75. The first kappa shape index (κ1) is 7.60. The van der Waals surface area contributed by atoms with E-state index in [0.29, 0.717) is 0 Å². The molecular weight excluding hydrogens is 134 g/mol.